The monoisotopic (exact) mass is 468 g/mol. The zero-order valence-electron chi connectivity index (χ0n) is 19.7. The molecule has 0 bridgehead atoms. The lowest BCUT2D eigenvalue weighted by Crippen LogP contribution is -2.27. The molecule has 6 N–H and O–H groups in total. The van der Waals surface area contributed by atoms with Crippen molar-refractivity contribution in [3.05, 3.63) is 89.6 Å². The minimum absolute atomic E-state index is 0.194. The summed E-state index contributed by atoms with van der Waals surface area (Å²) in [5.41, 5.74) is 15.2. The summed E-state index contributed by atoms with van der Waals surface area (Å²) in [5, 5.41) is 15.9. The summed E-state index contributed by atoms with van der Waals surface area (Å²) in [7, 11) is 0. The topological polar surface area (TPSA) is 119 Å². The highest BCUT2D eigenvalue weighted by Gasteiger charge is 2.06. The molecule has 0 unspecified atom stereocenters. The fourth-order valence-corrected chi connectivity index (χ4v) is 3.61. The average Bonchev–Trinajstić information content (AvgIpc) is 3.20. The SMILES string of the molecule is C=C/C(=C\C)CC(=O)N/C(N)=C/C=C(\N)CCCCc1nnc(NC(=C)CC(=C)/C=C\C)s1. The van der Waals surface area contributed by atoms with Gasteiger partial charge in [-0.2, -0.15) is 0 Å². The van der Waals surface area contributed by atoms with Gasteiger partial charge in [0.15, 0.2) is 0 Å². The van der Waals surface area contributed by atoms with Gasteiger partial charge in [-0.3, -0.25) is 4.79 Å². The first-order valence-electron chi connectivity index (χ1n) is 10.8. The maximum absolute atomic E-state index is 11.9. The summed E-state index contributed by atoms with van der Waals surface area (Å²) in [6.45, 7) is 15.5. The molecule has 33 heavy (non-hydrogen) atoms. The van der Waals surface area contributed by atoms with Crippen LogP contribution in [-0.2, 0) is 11.2 Å². The lowest BCUT2D eigenvalue weighted by atomic mass is 10.1. The van der Waals surface area contributed by atoms with Crippen LogP contribution in [0.2, 0.25) is 0 Å². The first-order valence-corrected chi connectivity index (χ1v) is 11.7. The Morgan fingerprint density at radius 3 is 2.55 bits per heavy atom. The van der Waals surface area contributed by atoms with E-state index in [1.807, 2.05) is 32.1 Å². The Morgan fingerprint density at radius 2 is 1.88 bits per heavy atom. The predicted molar refractivity (Wildman–Crippen MR) is 140 cm³/mol. The minimum atomic E-state index is -0.194. The summed E-state index contributed by atoms with van der Waals surface area (Å²) in [6.07, 6.45) is 15.0. The van der Waals surface area contributed by atoms with E-state index in [9.17, 15) is 4.79 Å². The maximum Gasteiger partial charge on any atom is 0.229 e. The van der Waals surface area contributed by atoms with Crippen LogP contribution >= 0.6 is 11.3 Å². The number of nitrogens with one attached hydrogen (secondary N) is 2. The maximum atomic E-state index is 11.9. The number of carbonyl (C=O) groups excluding carboxylic acids is 1. The summed E-state index contributed by atoms with van der Waals surface area (Å²) in [5.74, 6) is 0.0631. The number of unbranched alkanes of at least 4 members (excludes halogenated alkanes) is 1. The van der Waals surface area contributed by atoms with Gasteiger partial charge in [0.2, 0.25) is 11.0 Å². The van der Waals surface area contributed by atoms with Crippen LogP contribution in [-0.4, -0.2) is 16.1 Å². The van der Waals surface area contributed by atoms with Crippen molar-refractivity contribution in [2.24, 2.45) is 11.5 Å². The number of amides is 1. The van der Waals surface area contributed by atoms with Crippen LogP contribution < -0.4 is 22.1 Å². The Balaban J connectivity index is 2.36. The van der Waals surface area contributed by atoms with Gasteiger partial charge in [-0.15, -0.1) is 10.2 Å². The molecule has 0 aliphatic rings. The number of aryl methyl sites for hydroxylation is 1. The summed E-state index contributed by atoms with van der Waals surface area (Å²) < 4.78 is 0. The van der Waals surface area contributed by atoms with E-state index in [1.165, 1.54) is 11.3 Å². The fourth-order valence-electron chi connectivity index (χ4n) is 2.78. The van der Waals surface area contributed by atoms with Gasteiger partial charge in [-0.25, -0.2) is 0 Å². The Hall–Kier alpha value is -3.39. The highest BCUT2D eigenvalue weighted by atomic mass is 32.1. The number of hydrogen-bond acceptors (Lipinski definition) is 7. The highest BCUT2D eigenvalue weighted by Crippen LogP contribution is 2.21. The quantitative estimate of drug-likeness (QED) is 0.213. The molecular weight excluding hydrogens is 432 g/mol. The number of nitrogens with two attached hydrogens (primary N) is 2. The van der Waals surface area contributed by atoms with Crippen molar-refractivity contribution in [2.45, 2.75) is 52.4 Å². The van der Waals surface area contributed by atoms with Crippen molar-refractivity contribution in [3.63, 3.8) is 0 Å². The number of nitrogens with zero attached hydrogens (tertiary/aromatic N) is 2. The fraction of sp³-hybridized carbons (Fsp3) is 0.320. The van der Waals surface area contributed by atoms with E-state index in [4.69, 9.17) is 11.5 Å². The molecule has 0 aliphatic heterocycles. The second kappa shape index (κ2) is 15.4. The Bertz CT molecular complexity index is 952. The van der Waals surface area contributed by atoms with Crippen molar-refractivity contribution in [1.29, 1.82) is 0 Å². The van der Waals surface area contributed by atoms with Crippen LogP contribution in [0, 0.1) is 0 Å². The second-order valence-corrected chi connectivity index (χ2v) is 8.49. The first-order chi connectivity index (χ1) is 15.8. The van der Waals surface area contributed by atoms with Gasteiger partial charge in [0, 0.05) is 24.2 Å². The number of anilines is 1. The smallest absolute Gasteiger partial charge is 0.229 e. The molecule has 1 aromatic heterocycles. The van der Waals surface area contributed by atoms with Crippen LogP contribution in [0.15, 0.2) is 84.6 Å². The van der Waals surface area contributed by atoms with Gasteiger partial charge in [0.25, 0.3) is 0 Å². The first kappa shape index (κ1) is 27.6. The van der Waals surface area contributed by atoms with E-state index in [1.54, 1.807) is 18.2 Å². The third kappa shape index (κ3) is 12.3. The van der Waals surface area contributed by atoms with Crippen LogP contribution in [0.5, 0.6) is 0 Å². The van der Waals surface area contributed by atoms with Gasteiger partial charge in [-0.05, 0) is 56.4 Å². The van der Waals surface area contributed by atoms with Crippen molar-refractivity contribution in [3.8, 4) is 0 Å². The normalized spacial score (nSPS) is 12.6. The largest absolute Gasteiger partial charge is 0.402 e. The third-order valence-corrected chi connectivity index (χ3v) is 5.36. The molecule has 0 saturated heterocycles. The summed E-state index contributed by atoms with van der Waals surface area (Å²) in [4.78, 5) is 11.9. The molecule has 1 amide bonds. The van der Waals surface area contributed by atoms with E-state index in [2.05, 4.69) is 40.6 Å². The Kier molecular flexibility index (Phi) is 12.9. The zero-order chi connectivity index (χ0) is 24.6. The van der Waals surface area contributed by atoms with Crippen molar-refractivity contribution in [1.82, 2.24) is 15.5 Å². The lowest BCUT2D eigenvalue weighted by molar-refractivity contribution is -0.119. The highest BCUT2D eigenvalue weighted by molar-refractivity contribution is 7.15. The molecular formula is C25H36N6OS. The van der Waals surface area contributed by atoms with E-state index in [-0.39, 0.29) is 18.1 Å². The average molecular weight is 469 g/mol. The van der Waals surface area contributed by atoms with Gasteiger partial charge < -0.3 is 22.1 Å². The van der Waals surface area contributed by atoms with E-state index in [0.717, 1.165) is 52.7 Å². The second-order valence-electron chi connectivity index (χ2n) is 7.43. The molecule has 178 valence electrons. The molecule has 8 heteroatoms. The van der Waals surface area contributed by atoms with E-state index < -0.39 is 0 Å². The molecule has 7 nitrogen and oxygen atoms in total. The van der Waals surface area contributed by atoms with Crippen LogP contribution in [0.25, 0.3) is 0 Å². The molecule has 0 atom stereocenters. The number of allylic oxidation sites excluding steroid dienone is 8. The molecule has 0 spiro atoms. The molecule has 1 heterocycles. The molecule has 0 fully saturated rings. The molecule has 1 aromatic rings. The van der Waals surface area contributed by atoms with Gasteiger partial charge >= 0.3 is 0 Å². The van der Waals surface area contributed by atoms with E-state index >= 15 is 0 Å². The van der Waals surface area contributed by atoms with Crippen molar-refractivity contribution in [2.75, 3.05) is 5.32 Å². The summed E-state index contributed by atoms with van der Waals surface area (Å²) in [6, 6.07) is 0. The van der Waals surface area contributed by atoms with Crippen LogP contribution in [0.3, 0.4) is 0 Å². The molecule has 1 rings (SSSR count). The lowest BCUT2D eigenvalue weighted by Gasteiger charge is -2.05. The third-order valence-electron chi connectivity index (χ3n) is 4.46. The minimum Gasteiger partial charge on any atom is -0.402 e. The number of aromatic nitrogens is 2. The van der Waals surface area contributed by atoms with E-state index in [0.29, 0.717) is 12.1 Å². The number of hydrogen-bond donors (Lipinski definition) is 4. The van der Waals surface area contributed by atoms with Crippen molar-refractivity contribution < 1.29 is 4.79 Å². The summed E-state index contributed by atoms with van der Waals surface area (Å²) >= 11 is 1.52. The van der Waals surface area contributed by atoms with Crippen molar-refractivity contribution >= 4 is 22.4 Å². The zero-order valence-corrected chi connectivity index (χ0v) is 20.5. The van der Waals surface area contributed by atoms with Gasteiger partial charge in [-0.1, -0.05) is 55.4 Å². The molecule has 0 radical (unpaired) electrons. The standard InChI is InChI=1S/C25H36N6OS/c1-6-11-18(4)16-19(5)28-25-31-30-24(33-25)13-10-9-12-21(26)14-15-22(27)29-23(32)17-20(7-2)8-3/h6-8,11,14-15H,2,4-5,9-10,12-13,16-17,26-27H2,1,3H3,(H,28,31)(H,29,32)/b11-6-,20-8+,21-14-,22-15+. The predicted octanol–water partition coefficient (Wildman–Crippen LogP) is 4.98. The van der Waals surface area contributed by atoms with Crippen LogP contribution in [0.1, 0.15) is 51.0 Å². The Morgan fingerprint density at radius 1 is 1.12 bits per heavy atom. The number of rotatable bonds is 15. The van der Waals surface area contributed by atoms with Crippen LogP contribution in [0.4, 0.5) is 5.13 Å². The number of carbonyl (C=O) groups is 1. The Labute approximate surface area is 201 Å². The van der Waals surface area contributed by atoms with Gasteiger partial charge in [0.1, 0.15) is 10.8 Å². The molecule has 0 aromatic carbocycles. The molecule has 0 saturated carbocycles. The molecule has 0 aliphatic carbocycles. The van der Waals surface area contributed by atoms with Gasteiger partial charge in [0.05, 0.1) is 6.42 Å².